The number of benzene rings is 2. The molecule has 0 aliphatic rings. The molecule has 0 radical (unpaired) electrons. The number of hydrogen-bond donors (Lipinski definition) is 1. The van der Waals surface area contributed by atoms with Crippen LogP contribution in [0.15, 0.2) is 48.5 Å². The van der Waals surface area contributed by atoms with E-state index in [1.165, 1.54) is 5.56 Å². The Balaban J connectivity index is 1.91. The smallest absolute Gasteiger partial charge is 0.261 e. The molecule has 0 fully saturated rings. The van der Waals surface area contributed by atoms with E-state index in [0.29, 0.717) is 17.3 Å². The minimum atomic E-state index is -0.576. The highest BCUT2D eigenvalue weighted by Gasteiger charge is 2.16. The zero-order valence-electron chi connectivity index (χ0n) is 14.6. The molecule has 0 aromatic heterocycles. The van der Waals surface area contributed by atoms with E-state index >= 15 is 0 Å². The summed E-state index contributed by atoms with van der Waals surface area (Å²) in [5.74, 6) is 0.512. The molecule has 4 heteroatoms. The molecular weight excluding hydrogens is 322 g/mol. The van der Waals surface area contributed by atoms with Crippen molar-refractivity contribution in [2.24, 2.45) is 0 Å². The molecule has 1 atom stereocenters. The van der Waals surface area contributed by atoms with Gasteiger partial charge in [-0.05, 0) is 41.7 Å². The van der Waals surface area contributed by atoms with Gasteiger partial charge in [-0.1, -0.05) is 62.7 Å². The highest BCUT2D eigenvalue weighted by molar-refractivity contribution is 6.31. The first-order chi connectivity index (χ1) is 11.3. The van der Waals surface area contributed by atoms with Gasteiger partial charge in [-0.15, -0.1) is 0 Å². The normalized spacial score (nSPS) is 12.5. The highest BCUT2D eigenvalue weighted by atomic mass is 35.5. The summed E-state index contributed by atoms with van der Waals surface area (Å²) in [5.41, 5.74) is 2.20. The zero-order chi connectivity index (χ0) is 17.7. The van der Waals surface area contributed by atoms with Crippen LogP contribution in [-0.4, -0.2) is 12.0 Å². The van der Waals surface area contributed by atoms with Gasteiger partial charge in [-0.2, -0.15) is 0 Å². The number of ether oxygens (including phenoxy) is 1. The Hall–Kier alpha value is -2.00. The summed E-state index contributed by atoms with van der Waals surface area (Å²) in [6, 6.07) is 15.3. The van der Waals surface area contributed by atoms with E-state index in [9.17, 15) is 4.79 Å². The summed E-state index contributed by atoms with van der Waals surface area (Å²) in [6.45, 7) is 8.60. The minimum Gasteiger partial charge on any atom is -0.481 e. The Morgan fingerprint density at radius 2 is 1.75 bits per heavy atom. The molecule has 3 nitrogen and oxygen atoms in total. The molecule has 0 spiro atoms. The van der Waals surface area contributed by atoms with Gasteiger partial charge < -0.3 is 10.1 Å². The molecule has 24 heavy (non-hydrogen) atoms. The quantitative estimate of drug-likeness (QED) is 0.851. The average Bonchev–Trinajstić information content (AvgIpc) is 2.53. The predicted molar refractivity (Wildman–Crippen MR) is 98.5 cm³/mol. The van der Waals surface area contributed by atoms with Crippen molar-refractivity contribution in [1.29, 1.82) is 0 Å². The summed E-state index contributed by atoms with van der Waals surface area (Å²) < 4.78 is 5.72. The summed E-state index contributed by atoms with van der Waals surface area (Å²) in [7, 11) is 0. The van der Waals surface area contributed by atoms with Gasteiger partial charge in [0.25, 0.3) is 5.91 Å². The largest absolute Gasteiger partial charge is 0.481 e. The van der Waals surface area contributed by atoms with Crippen molar-refractivity contribution in [3.05, 3.63) is 64.7 Å². The van der Waals surface area contributed by atoms with Gasteiger partial charge in [0, 0.05) is 11.6 Å². The third-order valence-corrected chi connectivity index (χ3v) is 4.18. The maximum absolute atomic E-state index is 12.2. The monoisotopic (exact) mass is 345 g/mol. The van der Waals surface area contributed by atoms with E-state index in [2.05, 4.69) is 26.1 Å². The first-order valence-electron chi connectivity index (χ1n) is 8.05. The summed E-state index contributed by atoms with van der Waals surface area (Å²) in [4.78, 5) is 12.2. The van der Waals surface area contributed by atoms with Gasteiger partial charge in [0.2, 0.25) is 0 Å². The number of halogens is 1. The first kappa shape index (κ1) is 18.3. The lowest BCUT2D eigenvalue weighted by Gasteiger charge is -2.20. The Kier molecular flexibility index (Phi) is 5.89. The lowest BCUT2D eigenvalue weighted by molar-refractivity contribution is -0.127. The zero-order valence-corrected chi connectivity index (χ0v) is 15.4. The average molecular weight is 346 g/mol. The van der Waals surface area contributed by atoms with E-state index < -0.39 is 6.10 Å². The highest BCUT2D eigenvalue weighted by Crippen LogP contribution is 2.24. The fourth-order valence-corrected chi connectivity index (χ4v) is 2.46. The SMILES string of the molecule is C[C@@H](Oc1ccc(C(C)(C)C)cc1)C(=O)NCc1ccccc1Cl. The lowest BCUT2D eigenvalue weighted by Crippen LogP contribution is -2.35. The van der Waals surface area contributed by atoms with Gasteiger partial charge in [0.05, 0.1) is 0 Å². The van der Waals surface area contributed by atoms with Crippen molar-refractivity contribution >= 4 is 17.5 Å². The molecule has 1 N–H and O–H groups in total. The van der Waals surface area contributed by atoms with E-state index in [4.69, 9.17) is 16.3 Å². The minimum absolute atomic E-state index is 0.0937. The van der Waals surface area contributed by atoms with Crippen LogP contribution in [0.5, 0.6) is 5.75 Å². The van der Waals surface area contributed by atoms with Gasteiger partial charge in [-0.25, -0.2) is 0 Å². The molecule has 128 valence electrons. The number of rotatable bonds is 5. The van der Waals surface area contributed by atoms with E-state index in [0.717, 1.165) is 5.56 Å². The van der Waals surface area contributed by atoms with E-state index in [1.54, 1.807) is 13.0 Å². The van der Waals surface area contributed by atoms with E-state index in [1.807, 2.05) is 42.5 Å². The lowest BCUT2D eigenvalue weighted by atomic mass is 9.87. The van der Waals surface area contributed by atoms with Crippen molar-refractivity contribution in [3.8, 4) is 5.75 Å². The molecule has 0 unspecified atom stereocenters. The van der Waals surface area contributed by atoms with Crippen LogP contribution in [0.3, 0.4) is 0 Å². The third kappa shape index (κ3) is 5.00. The number of nitrogens with one attached hydrogen (secondary N) is 1. The third-order valence-electron chi connectivity index (χ3n) is 3.81. The molecule has 2 aromatic carbocycles. The molecule has 0 saturated carbocycles. The van der Waals surface area contributed by atoms with Gasteiger partial charge in [0.15, 0.2) is 6.10 Å². The molecule has 0 saturated heterocycles. The van der Waals surface area contributed by atoms with Crippen molar-refractivity contribution in [2.45, 2.75) is 45.8 Å². The second-order valence-corrected chi connectivity index (χ2v) is 7.25. The van der Waals surface area contributed by atoms with Crippen LogP contribution in [0.2, 0.25) is 5.02 Å². The molecule has 0 aliphatic carbocycles. The summed E-state index contributed by atoms with van der Waals surface area (Å²) >= 11 is 6.09. The van der Waals surface area contributed by atoms with Crippen molar-refractivity contribution in [1.82, 2.24) is 5.32 Å². The number of amides is 1. The molecule has 2 aromatic rings. The number of carbonyl (C=O) groups excluding carboxylic acids is 1. The number of carbonyl (C=O) groups is 1. The van der Waals surface area contributed by atoms with Gasteiger partial charge >= 0.3 is 0 Å². The molecule has 1 amide bonds. The Labute approximate surface area is 149 Å². The Morgan fingerprint density at radius 3 is 2.33 bits per heavy atom. The van der Waals surface area contributed by atoms with Crippen molar-refractivity contribution in [2.75, 3.05) is 0 Å². The molecule has 0 bridgehead atoms. The van der Waals surface area contributed by atoms with Crippen LogP contribution in [0, 0.1) is 0 Å². The number of hydrogen-bond acceptors (Lipinski definition) is 2. The summed E-state index contributed by atoms with van der Waals surface area (Å²) in [6.07, 6.45) is -0.576. The molecule has 0 aliphatic heterocycles. The van der Waals surface area contributed by atoms with Gasteiger partial charge in [0.1, 0.15) is 5.75 Å². The van der Waals surface area contributed by atoms with Crippen molar-refractivity contribution < 1.29 is 9.53 Å². The summed E-state index contributed by atoms with van der Waals surface area (Å²) in [5, 5.41) is 3.49. The van der Waals surface area contributed by atoms with Crippen LogP contribution in [0.25, 0.3) is 0 Å². The van der Waals surface area contributed by atoms with Crippen LogP contribution in [-0.2, 0) is 16.8 Å². The topological polar surface area (TPSA) is 38.3 Å². The maximum atomic E-state index is 12.2. The van der Waals surface area contributed by atoms with E-state index in [-0.39, 0.29) is 11.3 Å². The Bertz CT molecular complexity index is 690. The fraction of sp³-hybridized carbons (Fsp3) is 0.350. The fourth-order valence-electron chi connectivity index (χ4n) is 2.26. The molecule has 2 rings (SSSR count). The first-order valence-corrected chi connectivity index (χ1v) is 8.43. The van der Waals surface area contributed by atoms with Crippen LogP contribution >= 0.6 is 11.6 Å². The maximum Gasteiger partial charge on any atom is 0.261 e. The van der Waals surface area contributed by atoms with Crippen molar-refractivity contribution in [3.63, 3.8) is 0 Å². The second kappa shape index (κ2) is 7.71. The van der Waals surface area contributed by atoms with Crippen LogP contribution in [0.4, 0.5) is 0 Å². The van der Waals surface area contributed by atoms with Crippen LogP contribution in [0.1, 0.15) is 38.8 Å². The van der Waals surface area contributed by atoms with Gasteiger partial charge in [-0.3, -0.25) is 4.79 Å². The second-order valence-electron chi connectivity index (χ2n) is 6.84. The molecule has 0 heterocycles. The van der Waals surface area contributed by atoms with Crippen LogP contribution < -0.4 is 10.1 Å². The standard InChI is InChI=1S/C20H24ClNO2/c1-14(19(23)22-13-15-7-5-6-8-18(15)21)24-17-11-9-16(10-12-17)20(2,3)4/h5-12,14H,13H2,1-4H3,(H,22,23)/t14-/m1/s1. The molecular formula is C20H24ClNO2. The predicted octanol–water partition coefficient (Wildman–Crippen LogP) is 4.72. The Morgan fingerprint density at radius 1 is 1.12 bits per heavy atom.